The summed E-state index contributed by atoms with van der Waals surface area (Å²) in [6.07, 6.45) is 3.27. The Balaban J connectivity index is 1.18. The van der Waals surface area contributed by atoms with Gasteiger partial charge in [-0.25, -0.2) is 14.4 Å². The number of nitrogens with zero attached hydrogens (tertiary/aromatic N) is 3. The minimum Gasteiger partial charge on any atom is -0.474 e. The second-order valence-electron chi connectivity index (χ2n) is 8.41. The summed E-state index contributed by atoms with van der Waals surface area (Å²) < 4.78 is 19.8. The molecule has 1 N–H and O–H groups in total. The summed E-state index contributed by atoms with van der Waals surface area (Å²) >= 11 is 0. The van der Waals surface area contributed by atoms with Crippen molar-refractivity contribution in [3.63, 3.8) is 0 Å². The lowest BCUT2D eigenvalue weighted by molar-refractivity contribution is 0.0930. The van der Waals surface area contributed by atoms with Gasteiger partial charge in [0.1, 0.15) is 18.2 Å². The number of hydrogen-bond donors (Lipinski definition) is 1. The van der Waals surface area contributed by atoms with E-state index in [1.165, 1.54) is 18.5 Å². The van der Waals surface area contributed by atoms with Crippen LogP contribution in [0.1, 0.15) is 35.7 Å². The van der Waals surface area contributed by atoms with Crippen LogP contribution >= 0.6 is 0 Å². The molecule has 0 aliphatic heterocycles. The van der Waals surface area contributed by atoms with Crippen LogP contribution in [0.3, 0.4) is 0 Å². The van der Waals surface area contributed by atoms with Crippen molar-refractivity contribution < 1.29 is 13.9 Å². The van der Waals surface area contributed by atoms with Crippen molar-refractivity contribution in [1.82, 2.24) is 15.3 Å². The van der Waals surface area contributed by atoms with Crippen LogP contribution in [0, 0.1) is 34.9 Å². The third-order valence-corrected chi connectivity index (χ3v) is 6.52. The Morgan fingerprint density at radius 2 is 1.94 bits per heavy atom. The average Bonchev–Trinajstić information content (AvgIpc) is 3.29. The van der Waals surface area contributed by atoms with E-state index < -0.39 is 0 Å². The molecule has 5 rings (SSSR count). The number of nitriles is 1. The maximum absolute atomic E-state index is 13.6. The SMILES string of the molecule is C[C@@H](NC(=O)c1ccc(C#N)cc1)C1[C@@H]2CC(Oc3ncnc4ccc(F)cc34)C[C@@H]12. The molecule has 156 valence electrons. The normalized spacial score (nSPS) is 23.1. The maximum atomic E-state index is 13.6. The van der Waals surface area contributed by atoms with Crippen molar-refractivity contribution >= 4 is 16.8 Å². The summed E-state index contributed by atoms with van der Waals surface area (Å²) in [6.45, 7) is 2.04. The van der Waals surface area contributed by atoms with Crippen LogP contribution in [0.2, 0.25) is 0 Å². The van der Waals surface area contributed by atoms with Gasteiger partial charge >= 0.3 is 0 Å². The topological polar surface area (TPSA) is 87.9 Å². The molecule has 1 amide bonds. The maximum Gasteiger partial charge on any atom is 0.251 e. The zero-order valence-corrected chi connectivity index (χ0v) is 17.0. The molecule has 6 nitrogen and oxygen atoms in total. The molecule has 2 aromatic carbocycles. The number of rotatable bonds is 5. The van der Waals surface area contributed by atoms with E-state index in [0.717, 1.165) is 12.8 Å². The smallest absolute Gasteiger partial charge is 0.251 e. The molecule has 2 aliphatic carbocycles. The van der Waals surface area contributed by atoms with Gasteiger partial charge < -0.3 is 10.1 Å². The number of fused-ring (bicyclic) bond motifs is 2. The molecule has 31 heavy (non-hydrogen) atoms. The van der Waals surface area contributed by atoms with Crippen molar-refractivity contribution in [3.05, 3.63) is 65.7 Å². The number of carbonyl (C=O) groups is 1. The number of nitrogens with one attached hydrogen (secondary N) is 1. The van der Waals surface area contributed by atoms with E-state index in [0.29, 0.717) is 45.7 Å². The molecule has 0 bridgehead atoms. The van der Waals surface area contributed by atoms with E-state index >= 15 is 0 Å². The third-order valence-electron chi connectivity index (χ3n) is 6.52. The molecule has 2 saturated carbocycles. The molecule has 0 saturated heterocycles. The van der Waals surface area contributed by atoms with Crippen LogP contribution in [-0.2, 0) is 0 Å². The minimum absolute atomic E-state index is 0.0362. The van der Waals surface area contributed by atoms with E-state index in [4.69, 9.17) is 10.00 Å². The molecule has 0 unspecified atom stereocenters. The lowest BCUT2D eigenvalue weighted by Gasteiger charge is -2.20. The van der Waals surface area contributed by atoms with Crippen molar-refractivity contribution in [2.45, 2.75) is 31.9 Å². The Bertz CT molecular complexity index is 1180. The van der Waals surface area contributed by atoms with Crippen molar-refractivity contribution in [2.24, 2.45) is 17.8 Å². The van der Waals surface area contributed by atoms with Crippen molar-refractivity contribution in [3.8, 4) is 11.9 Å². The second-order valence-corrected chi connectivity index (χ2v) is 8.41. The first-order chi connectivity index (χ1) is 15.0. The fourth-order valence-electron chi connectivity index (χ4n) is 5.02. The Hall–Kier alpha value is -3.53. The highest BCUT2D eigenvalue weighted by Gasteiger charge is 2.58. The van der Waals surface area contributed by atoms with Crippen molar-refractivity contribution in [1.29, 1.82) is 5.26 Å². The average molecular weight is 416 g/mol. The van der Waals surface area contributed by atoms with Gasteiger partial charge in [0, 0.05) is 11.6 Å². The lowest BCUT2D eigenvalue weighted by Crippen LogP contribution is -2.36. The lowest BCUT2D eigenvalue weighted by atomic mass is 10.0. The van der Waals surface area contributed by atoms with Gasteiger partial charge in [0.25, 0.3) is 5.91 Å². The zero-order valence-electron chi connectivity index (χ0n) is 17.0. The fourth-order valence-corrected chi connectivity index (χ4v) is 5.02. The molecule has 2 aliphatic rings. The van der Waals surface area contributed by atoms with Gasteiger partial charge in [-0.15, -0.1) is 0 Å². The molecule has 3 aromatic rings. The van der Waals surface area contributed by atoms with Gasteiger partial charge in [0.05, 0.1) is 22.5 Å². The monoisotopic (exact) mass is 416 g/mol. The number of carbonyl (C=O) groups excluding carboxylic acids is 1. The molecule has 1 heterocycles. The van der Waals surface area contributed by atoms with E-state index in [1.54, 1.807) is 30.3 Å². The summed E-state index contributed by atoms with van der Waals surface area (Å²) in [5.41, 5.74) is 1.75. The van der Waals surface area contributed by atoms with Crippen LogP contribution in [0.4, 0.5) is 4.39 Å². The van der Waals surface area contributed by atoms with Gasteiger partial charge in [0.15, 0.2) is 0 Å². The summed E-state index contributed by atoms with van der Waals surface area (Å²) in [4.78, 5) is 20.9. The van der Waals surface area contributed by atoms with E-state index in [-0.39, 0.29) is 23.9 Å². The fraction of sp³-hybridized carbons (Fsp3) is 0.333. The Labute approximate surface area is 179 Å². The van der Waals surface area contributed by atoms with Crippen LogP contribution in [0.5, 0.6) is 5.88 Å². The zero-order chi connectivity index (χ0) is 21.5. The highest BCUT2D eigenvalue weighted by atomic mass is 19.1. The molecule has 0 spiro atoms. The molecule has 0 radical (unpaired) electrons. The number of hydrogen-bond acceptors (Lipinski definition) is 5. The number of benzene rings is 2. The standard InChI is InChI=1S/C24H21FN4O2/c1-13(29-23(30)15-4-2-14(11-26)3-5-15)22-18-9-17(10-19(18)22)31-24-20-8-16(25)6-7-21(20)27-12-28-24/h2-8,12-13,17-19,22H,9-10H2,1H3,(H,29,30)/t13-,17?,18-,19-,22?/m1/s1. The molecule has 2 fully saturated rings. The van der Waals surface area contributed by atoms with Crippen LogP contribution in [0.15, 0.2) is 48.8 Å². The number of ether oxygens (including phenoxy) is 1. The van der Waals surface area contributed by atoms with Crippen molar-refractivity contribution in [2.75, 3.05) is 0 Å². The largest absolute Gasteiger partial charge is 0.474 e. The number of aromatic nitrogens is 2. The van der Waals surface area contributed by atoms with Crippen LogP contribution in [-0.4, -0.2) is 28.0 Å². The minimum atomic E-state index is -0.340. The highest BCUT2D eigenvalue weighted by molar-refractivity contribution is 5.94. The van der Waals surface area contributed by atoms with Gasteiger partial charge in [-0.3, -0.25) is 4.79 Å². The van der Waals surface area contributed by atoms with Gasteiger partial charge in [-0.2, -0.15) is 5.26 Å². The number of amides is 1. The highest BCUT2D eigenvalue weighted by Crippen LogP contribution is 2.59. The third kappa shape index (κ3) is 3.70. The Morgan fingerprint density at radius 1 is 1.19 bits per heavy atom. The van der Waals surface area contributed by atoms with Crippen LogP contribution in [0.25, 0.3) is 10.9 Å². The summed E-state index contributed by atoms with van der Waals surface area (Å²) in [6, 6.07) is 13.2. The summed E-state index contributed by atoms with van der Waals surface area (Å²) in [5, 5.41) is 12.6. The predicted molar refractivity (Wildman–Crippen MR) is 112 cm³/mol. The molecular weight excluding hydrogens is 395 g/mol. The van der Waals surface area contributed by atoms with E-state index in [1.807, 2.05) is 6.92 Å². The summed E-state index contributed by atoms with van der Waals surface area (Å²) in [5.74, 6) is 1.41. The predicted octanol–water partition coefficient (Wildman–Crippen LogP) is 3.86. The Morgan fingerprint density at radius 3 is 2.65 bits per heavy atom. The van der Waals surface area contributed by atoms with Crippen LogP contribution < -0.4 is 10.1 Å². The summed E-state index contributed by atoms with van der Waals surface area (Å²) in [7, 11) is 0. The molecule has 3 atom stereocenters. The Kier molecular flexibility index (Phi) is 4.78. The first-order valence-corrected chi connectivity index (χ1v) is 10.4. The van der Waals surface area contributed by atoms with E-state index in [9.17, 15) is 9.18 Å². The quantitative estimate of drug-likeness (QED) is 0.682. The molecule has 1 aromatic heterocycles. The van der Waals surface area contributed by atoms with Gasteiger partial charge in [-0.05, 0) is 80.0 Å². The van der Waals surface area contributed by atoms with Gasteiger partial charge in [-0.1, -0.05) is 0 Å². The first kappa shape index (κ1) is 19.4. The first-order valence-electron chi connectivity index (χ1n) is 10.4. The molecular formula is C24H21FN4O2. The van der Waals surface area contributed by atoms with Gasteiger partial charge in [0.2, 0.25) is 5.88 Å². The number of halogens is 1. The molecule has 7 heteroatoms. The van der Waals surface area contributed by atoms with E-state index in [2.05, 4.69) is 21.4 Å². The second kappa shape index (κ2) is 7.62.